The first-order valence-corrected chi connectivity index (χ1v) is 4.11. The molecule has 11 heavy (non-hydrogen) atoms. The third kappa shape index (κ3) is 3.18. The normalized spacial score (nSPS) is 11.2. The maximum Gasteiger partial charge on any atom is 0.695 e. The Hall–Kier alpha value is -0.830. The summed E-state index contributed by atoms with van der Waals surface area (Å²) in [5.74, 6) is 0. The van der Waals surface area contributed by atoms with Crippen molar-refractivity contribution in [3.63, 3.8) is 0 Å². The van der Waals surface area contributed by atoms with Gasteiger partial charge in [0.1, 0.15) is 6.61 Å². The van der Waals surface area contributed by atoms with Crippen molar-refractivity contribution in [3.8, 4) is 0 Å². The van der Waals surface area contributed by atoms with Gasteiger partial charge in [0.05, 0.1) is 5.69 Å². The molecule has 58 valence electrons. The summed E-state index contributed by atoms with van der Waals surface area (Å²) < 4.78 is 14.5. The Morgan fingerprint density at radius 1 is 1.64 bits per heavy atom. The molecule has 0 bridgehead atoms. The first-order chi connectivity index (χ1) is 5.29. The topological polar surface area (TPSA) is 59.4 Å². The van der Waals surface area contributed by atoms with Gasteiger partial charge in [-0.15, -0.1) is 9.42 Å². The lowest BCUT2D eigenvalue weighted by Gasteiger charge is -1.89. The van der Waals surface area contributed by atoms with Crippen molar-refractivity contribution in [1.82, 2.24) is 4.98 Å². The predicted molar refractivity (Wildman–Crippen MR) is 38.9 cm³/mol. The second kappa shape index (κ2) is 4.13. The largest absolute Gasteiger partial charge is 0.695 e. The van der Waals surface area contributed by atoms with E-state index in [0.29, 0.717) is 5.69 Å². The molecule has 1 aromatic heterocycles. The van der Waals surface area contributed by atoms with Crippen LogP contribution in [-0.2, 0) is 15.7 Å². The fraction of sp³-hybridized carbons (Fsp3) is 0.167. The van der Waals surface area contributed by atoms with Crippen molar-refractivity contribution in [2.45, 2.75) is 6.61 Å². The monoisotopic (exact) mass is 172 g/mol. The summed E-state index contributed by atoms with van der Waals surface area (Å²) in [7, 11) is -2.51. The molecule has 1 aromatic rings. The standard InChI is InChI=1S/C6H6NO3P/c8-11(9)10-5-6-3-1-2-4-7-6/h1-4H,5H2/p+1. The van der Waals surface area contributed by atoms with Gasteiger partial charge in [-0.05, 0) is 12.1 Å². The Kier molecular flexibility index (Phi) is 3.11. The molecule has 0 aliphatic rings. The minimum atomic E-state index is -2.51. The maximum atomic E-state index is 10.1. The third-order valence-corrected chi connectivity index (χ3v) is 1.40. The van der Waals surface area contributed by atoms with E-state index >= 15 is 0 Å². The van der Waals surface area contributed by atoms with E-state index < -0.39 is 8.25 Å². The minimum Gasteiger partial charge on any atom is -0.259 e. The fourth-order valence-corrected chi connectivity index (χ4v) is 0.848. The minimum absolute atomic E-state index is 0.0759. The van der Waals surface area contributed by atoms with Gasteiger partial charge in [0.25, 0.3) is 0 Å². The van der Waals surface area contributed by atoms with Crippen LogP contribution in [0, 0.1) is 0 Å². The molecule has 0 radical (unpaired) electrons. The van der Waals surface area contributed by atoms with Crippen LogP contribution in [0.5, 0.6) is 0 Å². The molecule has 0 saturated heterocycles. The van der Waals surface area contributed by atoms with Crippen LogP contribution in [0.25, 0.3) is 0 Å². The zero-order chi connectivity index (χ0) is 8.10. The van der Waals surface area contributed by atoms with Gasteiger partial charge >= 0.3 is 8.25 Å². The smallest absolute Gasteiger partial charge is 0.259 e. The van der Waals surface area contributed by atoms with Crippen LogP contribution in [-0.4, -0.2) is 9.88 Å². The van der Waals surface area contributed by atoms with Crippen LogP contribution < -0.4 is 0 Å². The van der Waals surface area contributed by atoms with Crippen molar-refractivity contribution in [2.24, 2.45) is 0 Å². The van der Waals surface area contributed by atoms with Crippen LogP contribution in [0.2, 0.25) is 0 Å². The Bertz CT molecular complexity index is 239. The summed E-state index contributed by atoms with van der Waals surface area (Å²) in [6.45, 7) is 0.0759. The average Bonchev–Trinajstić information content (AvgIpc) is 2.03. The molecule has 1 N–H and O–H groups in total. The van der Waals surface area contributed by atoms with Gasteiger partial charge in [0.2, 0.25) is 0 Å². The van der Waals surface area contributed by atoms with Crippen molar-refractivity contribution in [1.29, 1.82) is 0 Å². The SMILES string of the molecule is O=[P+](O)OCc1ccccn1. The van der Waals surface area contributed by atoms with E-state index in [1.165, 1.54) is 0 Å². The van der Waals surface area contributed by atoms with Crippen molar-refractivity contribution in [2.75, 3.05) is 0 Å². The molecule has 0 amide bonds. The van der Waals surface area contributed by atoms with Crippen LogP contribution in [0.1, 0.15) is 5.69 Å². The molecule has 0 saturated carbocycles. The van der Waals surface area contributed by atoms with E-state index in [1.54, 1.807) is 24.4 Å². The molecule has 5 heteroatoms. The molecular weight excluding hydrogens is 165 g/mol. The molecule has 1 heterocycles. The Morgan fingerprint density at radius 3 is 3.00 bits per heavy atom. The highest BCUT2D eigenvalue weighted by molar-refractivity contribution is 7.32. The van der Waals surface area contributed by atoms with Gasteiger partial charge in [-0.25, -0.2) is 0 Å². The maximum absolute atomic E-state index is 10.1. The van der Waals surface area contributed by atoms with Gasteiger partial charge < -0.3 is 0 Å². The molecule has 1 rings (SSSR count). The number of aromatic nitrogens is 1. The molecule has 0 aliphatic heterocycles. The van der Waals surface area contributed by atoms with E-state index in [2.05, 4.69) is 9.51 Å². The second-order valence-corrected chi connectivity index (χ2v) is 2.57. The summed E-state index contributed by atoms with van der Waals surface area (Å²) >= 11 is 0. The lowest BCUT2D eigenvalue weighted by molar-refractivity contribution is 0.269. The van der Waals surface area contributed by atoms with Crippen LogP contribution in [0.3, 0.4) is 0 Å². The van der Waals surface area contributed by atoms with E-state index in [9.17, 15) is 4.57 Å². The third-order valence-electron chi connectivity index (χ3n) is 1.05. The quantitative estimate of drug-likeness (QED) is 0.697. The number of nitrogens with zero attached hydrogens (tertiary/aromatic N) is 1. The lowest BCUT2D eigenvalue weighted by Crippen LogP contribution is -1.88. The molecule has 0 spiro atoms. The van der Waals surface area contributed by atoms with E-state index in [1.807, 2.05) is 0 Å². The molecule has 4 nitrogen and oxygen atoms in total. The van der Waals surface area contributed by atoms with Gasteiger partial charge in [0, 0.05) is 10.8 Å². The number of hydrogen-bond acceptors (Lipinski definition) is 3. The Morgan fingerprint density at radius 2 is 2.45 bits per heavy atom. The molecule has 0 fully saturated rings. The molecule has 1 unspecified atom stereocenters. The van der Waals surface area contributed by atoms with Gasteiger partial charge in [-0.2, -0.15) is 0 Å². The van der Waals surface area contributed by atoms with E-state index in [4.69, 9.17) is 4.89 Å². The summed E-state index contributed by atoms with van der Waals surface area (Å²) in [4.78, 5) is 12.2. The number of pyridine rings is 1. The molecular formula is C6H7NO3P+. The first kappa shape index (κ1) is 8.27. The van der Waals surface area contributed by atoms with Crippen molar-refractivity contribution in [3.05, 3.63) is 30.1 Å². The van der Waals surface area contributed by atoms with Crippen LogP contribution in [0.4, 0.5) is 0 Å². The van der Waals surface area contributed by atoms with Crippen LogP contribution >= 0.6 is 8.25 Å². The number of hydrogen-bond donors (Lipinski definition) is 1. The summed E-state index contributed by atoms with van der Waals surface area (Å²) in [6, 6.07) is 5.28. The lowest BCUT2D eigenvalue weighted by atomic mass is 10.4. The fourth-order valence-electron chi connectivity index (χ4n) is 0.605. The summed E-state index contributed by atoms with van der Waals surface area (Å²) in [5.41, 5.74) is 0.643. The van der Waals surface area contributed by atoms with E-state index in [-0.39, 0.29) is 6.61 Å². The zero-order valence-corrected chi connectivity index (χ0v) is 6.57. The van der Waals surface area contributed by atoms with Crippen molar-refractivity contribution < 1.29 is 14.0 Å². The first-order valence-electron chi connectivity index (χ1n) is 2.98. The molecule has 1 atom stereocenters. The highest BCUT2D eigenvalue weighted by atomic mass is 31.1. The number of rotatable bonds is 3. The Labute approximate surface area is 64.8 Å². The van der Waals surface area contributed by atoms with Gasteiger partial charge in [-0.1, -0.05) is 6.07 Å². The predicted octanol–water partition coefficient (Wildman–Crippen LogP) is 1.25. The van der Waals surface area contributed by atoms with Gasteiger partial charge in [-0.3, -0.25) is 4.98 Å². The summed E-state index contributed by atoms with van der Waals surface area (Å²) in [5, 5.41) is 0. The molecule has 0 aliphatic carbocycles. The van der Waals surface area contributed by atoms with Gasteiger partial charge in [0.15, 0.2) is 0 Å². The summed E-state index contributed by atoms with van der Waals surface area (Å²) in [6.07, 6.45) is 1.60. The molecule has 0 aromatic carbocycles. The second-order valence-electron chi connectivity index (χ2n) is 1.83. The highest BCUT2D eigenvalue weighted by Crippen LogP contribution is 2.16. The average molecular weight is 172 g/mol. The van der Waals surface area contributed by atoms with Crippen molar-refractivity contribution >= 4 is 8.25 Å². The highest BCUT2D eigenvalue weighted by Gasteiger charge is 2.11. The Balaban J connectivity index is 2.45. The van der Waals surface area contributed by atoms with E-state index in [0.717, 1.165) is 0 Å². The van der Waals surface area contributed by atoms with Crippen LogP contribution in [0.15, 0.2) is 24.4 Å². The zero-order valence-electron chi connectivity index (χ0n) is 5.67.